The molecule has 218 valence electrons. The normalized spacial score (nSPS) is 16.5. The molecule has 1 saturated carbocycles. The second-order valence-electron chi connectivity index (χ2n) is 10.7. The minimum absolute atomic E-state index is 0.00704. The molecule has 2 aromatic carbocycles. The van der Waals surface area contributed by atoms with Crippen LogP contribution in [0.3, 0.4) is 0 Å². The molecule has 1 fully saturated rings. The van der Waals surface area contributed by atoms with Crippen molar-refractivity contribution in [3.05, 3.63) is 58.3 Å². The number of nitrogens with one attached hydrogen (secondary N) is 1. The molecule has 1 aromatic heterocycles. The molecule has 0 unspecified atom stereocenters. The lowest BCUT2D eigenvalue weighted by molar-refractivity contribution is -0.131. The van der Waals surface area contributed by atoms with Gasteiger partial charge in [0, 0.05) is 28.6 Å². The number of benzene rings is 2. The quantitative estimate of drug-likeness (QED) is 0.279. The third kappa shape index (κ3) is 5.59. The molecular weight excluding hydrogens is 564 g/mol. The van der Waals surface area contributed by atoms with Gasteiger partial charge in [-0.05, 0) is 62.4 Å². The van der Waals surface area contributed by atoms with E-state index in [4.69, 9.17) is 25.9 Å². The standard InChI is InChI=1S/C30H35ClN4O5S/c1-5-6-9-27-32-30(14-7-8-15-30)29(36)35(27)18-22-11-10-21(16-25(22)31)24-13-12-23(39-4)17-26(24)41(37,38)34-28-19(2)20(3)40-33-28/h10-13,16-17H,5-9,14-15,18H2,1-4H3,(H,33,34). The number of anilines is 1. The number of hydrogen-bond acceptors (Lipinski definition) is 7. The fourth-order valence-corrected chi connectivity index (χ4v) is 7.04. The van der Waals surface area contributed by atoms with Crippen LogP contribution in [0, 0.1) is 13.8 Å². The Balaban J connectivity index is 1.46. The number of nitrogens with zero attached hydrogens (tertiary/aromatic N) is 3. The van der Waals surface area contributed by atoms with Crippen molar-refractivity contribution in [3.8, 4) is 16.9 Å². The van der Waals surface area contributed by atoms with Crippen LogP contribution < -0.4 is 9.46 Å². The molecule has 0 bridgehead atoms. The highest BCUT2D eigenvalue weighted by molar-refractivity contribution is 7.92. The molecule has 1 aliphatic carbocycles. The van der Waals surface area contributed by atoms with Gasteiger partial charge in [-0.2, -0.15) is 0 Å². The number of aromatic nitrogens is 1. The molecule has 3 aromatic rings. The van der Waals surface area contributed by atoms with Crippen LogP contribution in [0.25, 0.3) is 11.1 Å². The average molecular weight is 599 g/mol. The number of hydrogen-bond donors (Lipinski definition) is 1. The summed E-state index contributed by atoms with van der Waals surface area (Å²) in [7, 11) is -2.60. The van der Waals surface area contributed by atoms with Crippen LogP contribution in [-0.4, -0.2) is 42.9 Å². The summed E-state index contributed by atoms with van der Waals surface area (Å²) in [4.78, 5) is 20.3. The Labute approximate surface area is 246 Å². The van der Waals surface area contributed by atoms with Crippen LogP contribution in [0.1, 0.15) is 68.8 Å². The maximum atomic E-state index is 13.6. The zero-order chi connectivity index (χ0) is 29.4. The van der Waals surface area contributed by atoms with Gasteiger partial charge in [0.25, 0.3) is 15.9 Å². The van der Waals surface area contributed by atoms with Crippen molar-refractivity contribution < 1.29 is 22.5 Å². The van der Waals surface area contributed by atoms with Crippen molar-refractivity contribution in [2.45, 2.75) is 82.7 Å². The minimum atomic E-state index is -4.08. The van der Waals surface area contributed by atoms with Gasteiger partial charge >= 0.3 is 0 Å². The first-order valence-corrected chi connectivity index (χ1v) is 15.8. The van der Waals surface area contributed by atoms with Crippen molar-refractivity contribution in [2.24, 2.45) is 4.99 Å². The number of ether oxygens (including phenoxy) is 1. The van der Waals surface area contributed by atoms with Gasteiger partial charge in [-0.25, -0.2) is 8.42 Å². The van der Waals surface area contributed by atoms with Crippen LogP contribution in [0.15, 0.2) is 50.8 Å². The number of carbonyl (C=O) groups excluding carboxylic acids is 1. The number of carbonyl (C=O) groups is 1. The van der Waals surface area contributed by atoms with Crippen LogP contribution in [0.2, 0.25) is 5.02 Å². The summed E-state index contributed by atoms with van der Waals surface area (Å²) in [5.41, 5.74) is 1.80. The first kappa shape index (κ1) is 29.1. The summed E-state index contributed by atoms with van der Waals surface area (Å²) in [5.74, 6) is 1.94. The second-order valence-corrected chi connectivity index (χ2v) is 12.8. The number of amides is 1. The Morgan fingerprint density at radius 1 is 1.15 bits per heavy atom. The highest BCUT2D eigenvalue weighted by Crippen LogP contribution is 2.41. The summed E-state index contributed by atoms with van der Waals surface area (Å²) in [5, 5.41) is 4.28. The predicted molar refractivity (Wildman–Crippen MR) is 159 cm³/mol. The van der Waals surface area contributed by atoms with Gasteiger partial charge in [-0.1, -0.05) is 55.1 Å². The third-order valence-corrected chi connectivity index (χ3v) is 9.77. The van der Waals surface area contributed by atoms with Crippen molar-refractivity contribution in [2.75, 3.05) is 11.8 Å². The number of methoxy groups -OCH3 is 1. The molecule has 1 amide bonds. The van der Waals surface area contributed by atoms with Crippen LogP contribution >= 0.6 is 11.6 Å². The molecule has 0 atom stereocenters. The number of unbranched alkanes of at least 4 members (excludes halogenated alkanes) is 1. The molecule has 0 saturated heterocycles. The van der Waals surface area contributed by atoms with Gasteiger partial charge in [0.1, 0.15) is 22.9 Å². The van der Waals surface area contributed by atoms with Gasteiger partial charge < -0.3 is 9.26 Å². The van der Waals surface area contributed by atoms with Gasteiger partial charge in [0.2, 0.25) is 0 Å². The van der Waals surface area contributed by atoms with Gasteiger partial charge in [0.15, 0.2) is 5.82 Å². The Morgan fingerprint density at radius 2 is 1.90 bits per heavy atom. The molecule has 1 spiro atoms. The van der Waals surface area contributed by atoms with Crippen molar-refractivity contribution in [1.29, 1.82) is 0 Å². The Bertz CT molecular complexity index is 1610. The average Bonchev–Trinajstić information content (AvgIpc) is 3.63. The third-order valence-electron chi connectivity index (χ3n) is 8.04. The van der Waals surface area contributed by atoms with E-state index < -0.39 is 15.6 Å². The lowest BCUT2D eigenvalue weighted by Crippen LogP contribution is -2.40. The molecule has 2 heterocycles. The number of aryl methyl sites for hydroxylation is 1. The number of halogens is 1. The maximum Gasteiger partial charge on any atom is 0.263 e. The van der Waals surface area contributed by atoms with Crippen LogP contribution in [0.5, 0.6) is 5.75 Å². The Kier molecular flexibility index (Phi) is 8.16. The second kappa shape index (κ2) is 11.5. The largest absolute Gasteiger partial charge is 0.497 e. The van der Waals surface area contributed by atoms with E-state index in [1.807, 2.05) is 12.1 Å². The molecule has 1 N–H and O–H groups in total. The van der Waals surface area contributed by atoms with Gasteiger partial charge in [0.05, 0.1) is 18.6 Å². The molecule has 0 radical (unpaired) electrons. The minimum Gasteiger partial charge on any atom is -0.497 e. The molecule has 2 aliphatic rings. The summed E-state index contributed by atoms with van der Waals surface area (Å²) >= 11 is 6.80. The van der Waals surface area contributed by atoms with Gasteiger partial charge in [-0.15, -0.1) is 0 Å². The molecule has 1 aliphatic heterocycles. The monoisotopic (exact) mass is 598 g/mol. The number of amidine groups is 1. The van der Waals surface area contributed by atoms with Crippen LogP contribution in [0.4, 0.5) is 5.82 Å². The van der Waals surface area contributed by atoms with Crippen molar-refractivity contribution in [3.63, 3.8) is 0 Å². The topological polar surface area (TPSA) is 114 Å². The maximum absolute atomic E-state index is 13.6. The van der Waals surface area contributed by atoms with E-state index in [-0.39, 0.29) is 16.6 Å². The summed E-state index contributed by atoms with van der Waals surface area (Å²) in [6.45, 7) is 5.89. The number of sulfonamides is 1. The summed E-state index contributed by atoms with van der Waals surface area (Å²) < 4.78 is 40.1. The van der Waals surface area contributed by atoms with E-state index in [2.05, 4.69) is 16.8 Å². The lowest BCUT2D eigenvalue weighted by atomic mass is 9.98. The molecule has 9 nitrogen and oxygen atoms in total. The highest BCUT2D eigenvalue weighted by atomic mass is 35.5. The van der Waals surface area contributed by atoms with Crippen molar-refractivity contribution >= 4 is 39.2 Å². The Morgan fingerprint density at radius 3 is 2.54 bits per heavy atom. The molecule has 41 heavy (non-hydrogen) atoms. The summed E-state index contributed by atoms with van der Waals surface area (Å²) in [6.07, 6.45) is 6.34. The SMILES string of the molecule is CCCCC1=NC2(CCCC2)C(=O)N1Cc1ccc(-c2ccc(OC)cc2S(=O)(=O)Nc2noc(C)c2C)cc1Cl. The zero-order valence-corrected chi connectivity index (χ0v) is 25.4. The molecule has 11 heteroatoms. The first-order chi connectivity index (χ1) is 19.6. The summed E-state index contributed by atoms with van der Waals surface area (Å²) in [6, 6.07) is 10.2. The smallest absolute Gasteiger partial charge is 0.263 e. The number of rotatable bonds is 10. The lowest BCUT2D eigenvalue weighted by Gasteiger charge is -2.23. The molecule has 5 rings (SSSR count). The van der Waals surface area contributed by atoms with E-state index in [1.165, 1.54) is 13.2 Å². The highest BCUT2D eigenvalue weighted by Gasteiger charge is 2.49. The van der Waals surface area contributed by atoms with E-state index in [0.717, 1.165) is 56.3 Å². The predicted octanol–water partition coefficient (Wildman–Crippen LogP) is 6.66. The van der Waals surface area contributed by atoms with E-state index in [9.17, 15) is 13.2 Å². The van der Waals surface area contributed by atoms with Crippen molar-refractivity contribution in [1.82, 2.24) is 10.1 Å². The Hall–Kier alpha value is -3.37. The first-order valence-electron chi connectivity index (χ1n) is 13.9. The van der Waals surface area contributed by atoms with E-state index in [1.54, 1.807) is 36.9 Å². The van der Waals surface area contributed by atoms with E-state index in [0.29, 0.717) is 39.8 Å². The number of aliphatic imine (C=N–C) groups is 1. The fourth-order valence-electron chi connectivity index (χ4n) is 5.50. The fraction of sp³-hybridized carbons (Fsp3) is 0.433. The zero-order valence-electron chi connectivity index (χ0n) is 23.8. The van der Waals surface area contributed by atoms with Crippen LogP contribution in [-0.2, 0) is 21.4 Å². The van der Waals surface area contributed by atoms with E-state index >= 15 is 0 Å². The molecular formula is C30H35ClN4O5S. The van der Waals surface area contributed by atoms with Gasteiger partial charge in [-0.3, -0.25) is 19.4 Å².